The highest BCUT2D eigenvalue weighted by atomic mass is 32.2. The van der Waals surface area contributed by atoms with Crippen molar-refractivity contribution in [2.75, 3.05) is 19.6 Å². The van der Waals surface area contributed by atoms with Gasteiger partial charge in [-0.25, -0.2) is 8.42 Å². The summed E-state index contributed by atoms with van der Waals surface area (Å²) in [4.78, 5) is 12.9. The fraction of sp³-hybridized carbons (Fsp3) is 0.375. The monoisotopic (exact) mass is 439 g/mol. The van der Waals surface area contributed by atoms with Gasteiger partial charge in [0.15, 0.2) is 0 Å². The second-order valence-electron chi connectivity index (χ2n) is 8.38. The summed E-state index contributed by atoms with van der Waals surface area (Å²) in [6.07, 6.45) is 3.00. The van der Waals surface area contributed by atoms with Crippen LogP contribution >= 0.6 is 0 Å². The molecule has 1 N–H and O–H groups in total. The van der Waals surface area contributed by atoms with Crippen molar-refractivity contribution in [3.63, 3.8) is 0 Å². The van der Waals surface area contributed by atoms with Crippen molar-refractivity contribution in [1.82, 2.24) is 14.2 Å². The van der Waals surface area contributed by atoms with Crippen molar-refractivity contribution in [2.45, 2.75) is 30.6 Å². The smallest absolute Gasteiger partial charge is 0.243 e. The molecule has 2 heterocycles. The summed E-state index contributed by atoms with van der Waals surface area (Å²) in [5.74, 6) is 0.107. The fourth-order valence-corrected chi connectivity index (χ4v) is 5.73. The Bertz CT molecular complexity index is 1160. The molecule has 31 heavy (non-hydrogen) atoms. The first-order valence-electron chi connectivity index (χ1n) is 10.7. The molecule has 1 fully saturated rings. The number of nitrogens with one attached hydrogen (secondary N) is 1. The lowest BCUT2D eigenvalue weighted by atomic mass is 9.96. The molecule has 0 aliphatic carbocycles. The van der Waals surface area contributed by atoms with Gasteiger partial charge in [0.2, 0.25) is 15.9 Å². The van der Waals surface area contributed by atoms with Crippen molar-refractivity contribution in [3.05, 3.63) is 66.4 Å². The molecule has 3 aromatic rings. The van der Waals surface area contributed by atoms with E-state index in [4.69, 9.17) is 0 Å². The van der Waals surface area contributed by atoms with E-state index in [1.165, 1.54) is 9.87 Å². The zero-order valence-corrected chi connectivity index (χ0v) is 18.8. The molecule has 1 saturated heterocycles. The maximum Gasteiger partial charge on any atom is 0.243 e. The molecule has 1 aliphatic rings. The normalized spacial score (nSPS) is 17.0. The highest BCUT2D eigenvalue weighted by molar-refractivity contribution is 7.89. The van der Waals surface area contributed by atoms with Crippen LogP contribution in [0.15, 0.2) is 65.7 Å². The molecule has 4 rings (SSSR count). The minimum atomic E-state index is -3.56. The van der Waals surface area contributed by atoms with Gasteiger partial charge >= 0.3 is 0 Å². The maximum absolute atomic E-state index is 13.1. The first-order chi connectivity index (χ1) is 14.9. The van der Waals surface area contributed by atoms with E-state index < -0.39 is 10.0 Å². The zero-order chi connectivity index (χ0) is 22.0. The molecule has 0 bridgehead atoms. The minimum Gasteiger partial charge on any atom is -0.355 e. The maximum atomic E-state index is 13.1. The Balaban J connectivity index is 1.34. The number of hydrogen-bond donors (Lipinski definition) is 1. The summed E-state index contributed by atoms with van der Waals surface area (Å²) in [6.45, 7) is 3.40. The summed E-state index contributed by atoms with van der Waals surface area (Å²) in [7, 11) is -1.63. The van der Waals surface area contributed by atoms with Crippen molar-refractivity contribution >= 4 is 26.8 Å². The van der Waals surface area contributed by atoms with Gasteiger partial charge in [-0.2, -0.15) is 4.31 Å². The number of rotatable bonds is 6. The number of carbonyl (C=O) groups excluding carboxylic acids is 1. The number of hydrogen-bond acceptors (Lipinski definition) is 3. The Morgan fingerprint density at radius 3 is 2.52 bits per heavy atom. The van der Waals surface area contributed by atoms with Crippen LogP contribution in [0.3, 0.4) is 0 Å². The van der Waals surface area contributed by atoms with Crippen LogP contribution in [0.2, 0.25) is 0 Å². The van der Waals surface area contributed by atoms with Gasteiger partial charge in [-0.3, -0.25) is 4.79 Å². The van der Waals surface area contributed by atoms with Crippen LogP contribution < -0.4 is 5.32 Å². The van der Waals surface area contributed by atoms with E-state index in [0.717, 1.165) is 10.9 Å². The lowest BCUT2D eigenvalue weighted by molar-refractivity contribution is -0.126. The van der Waals surface area contributed by atoms with Gasteiger partial charge in [0.25, 0.3) is 0 Å². The quantitative estimate of drug-likeness (QED) is 0.639. The summed E-state index contributed by atoms with van der Waals surface area (Å²) in [5, 5.41) is 3.96. The highest BCUT2D eigenvalue weighted by Crippen LogP contribution is 2.26. The topological polar surface area (TPSA) is 71.4 Å². The van der Waals surface area contributed by atoms with E-state index in [-0.39, 0.29) is 17.7 Å². The first-order valence-corrected chi connectivity index (χ1v) is 12.2. The Hall–Kier alpha value is -2.64. The number of carbonyl (C=O) groups is 1. The number of aromatic nitrogens is 1. The number of fused-ring (bicyclic) bond motifs is 1. The molecule has 7 heteroatoms. The third kappa shape index (κ3) is 4.52. The van der Waals surface area contributed by atoms with Crippen LogP contribution in [0.5, 0.6) is 0 Å². The van der Waals surface area contributed by atoms with Crippen molar-refractivity contribution < 1.29 is 13.2 Å². The molecule has 1 aliphatic heterocycles. The van der Waals surface area contributed by atoms with Crippen molar-refractivity contribution in [1.29, 1.82) is 0 Å². The van der Waals surface area contributed by atoms with Gasteiger partial charge in [0.05, 0.1) is 4.90 Å². The molecular formula is C24H29N3O3S. The predicted octanol–water partition coefficient (Wildman–Crippen LogP) is 3.50. The van der Waals surface area contributed by atoms with Crippen LogP contribution in [0.25, 0.3) is 10.9 Å². The van der Waals surface area contributed by atoms with Gasteiger partial charge in [0.1, 0.15) is 0 Å². The molecule has 0 saturated carbocycles. The number of nitrogens with zero attached hydrogens (tertiary/aromatic N) is 2. The highest BCUT2D eigenvalue weighted by Gasteiger charge is 2.32. The second kappa shape index (κ2) is 8.85. The molecule has 6 nitrogen and oxygen atoms in total. The Labute approximate surface area is 183 Å². The fourth-order valence-electron chi connectivity index (χ4n) is 4.23. The molecule has 0 radical (unpaired) electrons. The SMILES string of the molecule is C[C@@H](CNC(=O)C1CCN(S(=O)(=O)c2ccc3c(ccn3C)c2)CC1)c1ccccc1. The van der Waals surface area contributed by atoms with Crippen molar-refractivity contribution in [3.8, 4) is 0 Å². The number of piperidine rings is 1. The van der Waals surface area contributed by atoms with E-state index in [1.807, 2.05) is 48.1 Å². The molecule has 164 valence electrons. The summed E-state index contributed by atoms with van der Waals surface area (Å²) >= 11 is 0. The third-order valence-corrected chi connectivity index (χ3v) is 8.16. The Kier molecular flexibility index (Phi) is 6.16. The van der Waals surface area contributed by atoms with E-state index in [1.54, 1.807) is 12.1 Å². The van der Waals surface area contributed by atoms with E-state index >= 15 is 0 Å². The lowest BCUT2D eigenvalue weighted by Gasteiger charge is -2.30. The second-order valence-corrected chi connectivity index (χ2v) is 10.3. The summed E-state index contributed by atoms with van der Waals surface area (Å²) < 4.78 is 29.7. The summed E-state index contributed by atoms with van der Waals surface area (Å²) in [5.41, 5.74) is 2.19. The first kappa shape index (κ1) is 21.6. The molecule has 0 spiro atoms. The van der Waals surface area contributed by atoms with Gasteiger partial charge in [-0.1, -0.05) is 37.3 Å². The molecular weight excluding hydrogens is 410 g/mol. The minimum absolute atomic E-state index is 0.0190. The average molecular weight is 440 g/mol. The number of sulfonamides is 1. The number of aryl methyl sites for hydroxylation is 1. The van der Waals surface area contributed by atoms with E-state index in [0.29, 0.717) is 37.4 Å². The van der Waals surface area contributed by atoms with Crippen LogP contribution in [0.4, 0.5) is 0 Å². The van der Waals surface area contributed by atoms with E-state index in [2.05, 4.69) is 24.4 Å². The van der Waals surface area contributed by atoms with Gasteiger partial charge < -0.3 is 9.88 Å². The third-order valence-electron chi connectivity index (χ3n) is 6.27. The van der Waals surface area contributed by atoms with E-state index in [9.17, 15) is 13.2 Å². The molecule has 1 atom stereocenters. The molecule has 1 amide bonds. The molecule has 1 aromatic heterocycles. The van der Waals surface area contributed by atoms with Crippen molar-refractivity contribution in [2.24, 2.45) is 13.0 Å². The number of amides is 1. The predicted molar refractivity (Wildman–Crippen MR) is 122 cm³/mol. The largest absolute Gasteiger partial charge is 0.355 e. The van der Waals surface area contributed by atoms with Gasteiger partial charge in [-0.15, -0.1) is 0 Å². The standard InChI is InChI=1S/C24H29N3O3S/c1-18(19-6-4-3-5-7-19)17-25-24(28)20-11-14-27(15-12-20)31(29,30)22-8-9-23-21(16-22)10-13-26(23)2/h3-10,13,16,18,20H,11-12,14-15,17H2,1-2H3,(H,25,28)/t18-/m0/s1. The Morgan fingerprint density at radius 1 is 1.10 bits per heavy atom. The van der Waals surface area contributed by atoms with Gasteiger partial charge in [-0.05, 0) is 48.6 Å². The van der Waals surface area contributed by atoms with Crippen LogP contribution in [-0.4, -0.2) is 42.8 Å². The van der Waals surface area contributed by atoms with Gasteiger partial charge in [0, 0.05) is 49.7 Å². The van der Waals surface area contributed by atoms with Crippen LogP contribution in [0, 0.1) is 5.92 Å². The summed E-state index contributed by atoms with van der Waals surface area (Å²) in [6, 6.07) is 17.3. The van der Waals surface area contributed by atoms with Crippen LogP contribution in [0.1, 0.15) is 31.2 Å². The lowest BCUT2D eigenvalue weighted by Crippen LogP contribution is -2.43. The average Bonchev–Trinajstić information content (AvgIpc) is 3.18. The number of benzene rings is 2. The molecule has 0 unspecified atom stereocenters. The van der Waals surface area contributed by atoms with Crippen LogP contribution in [-0.2, 0) is 21.9 Å². The molecule has 2 aromatic carbocycles. The zero-order valence-electron chi connectivity index (χ0n) is 18.0. The Morgan fingerprint density at radius 2 is 1.81 bits per heavy atom.